The van der Waals surface area contributed by atoms with E-state index in [-0.39, 0.29) is 6.86 Å². The van der Waals surface area contributed by atoms with Crippen LogP contribution in [0.4, 0.5) is 0 Å². The number of nitrogens with zero attached hydrogens (tertiary/aromatic N) is 4. The van der Waals surface area contributed by atoms with Gasteiger partial charge in [-0.25, -0.2) is 0 Å². The first-order chi connectivity index (χ1) is 9.91. The molecule has 0 radical (unpaired) electrons. The molecular weight excluding hydrogens is 463 g/mol. The normalized spacial score (nSPS) is 14.1. The second kappa shape index (κ2) is 8.05. The van der Waals surface area contributed by atoms with E-state index >= 15 is 0 Å². The van der Waals surface area contributed by atoms with E-state index in [4.69, 9.17) is 13.2 Å². The summed E-state index contributed by atoms with van der Waals surface area (Å²) in [5.41, 5.74) is 0. The first kappa shape index (κ1) is 23.9. The molecule has 0 aromatic heterocycles. The van der Waals surface area contributed by atoms with Crippen molar-refractivity contribution in [2.24, 2.45) is 13.2 Å². The molecule has 0 atom stereocenters. The number of hydrogen-bond acceptors (Lipinski definition) is 4. The van der Waals surface area contributed by atoms with Crippen LogP contribution in [-0.4, -0.2) is 35.4 Å². The molecule has 0 aliphatic rings. The van der Waals surface area contributed by atoms with Gasteiger partial charge < -0.3 is 0 Å². The summed E-state index contributed by atoms with van der Waals surface area (Å²) < 4.78 is 20.1. The first-order valence-electron chi connectivity index (χ1n) is 8.12. The van der Waals surface area contributed by atoms with Crippen LogP contribution in [-0.2, 0) is 22.7 Å². The van der Waals surface area contributed by atoms with Crippen molar-refractivity contribution < 1.29 is 0 Å². The van der Waals surface area contributed by atoms with E-state index in [1.54, 1.807) is 0 Å². The molecule has 0 bridgehead atoms. The van der Waals surface area contributed by atoms with Crippen LogP contribution in [0, 0.1) is 0 Å². The Labute approximate surface area is 158 Å². The molecule has 23 heavy (non-hydrogen) atoms. The summed E-state index contributed by atoms with van der Waals surface area (Å²) in [6, 6.07) is 0. The molecule has 0 aliphatic carbocycles. The van der Waals surface area contributed by atoms with E-state index in [9.17, 15) is 0 Å². The van der Waals surface area contributed by atoms with E-state index in [0.29, 0.717) is 0 Å². The van der Waals surface area contributed by atoms with Crippen molar-refractivity contribution in [2.75, 3.05) is 0 Å². The van der Waals surface area contributed by atoms with Gasteiger partial charge in [0, 0.05) is 0 Å². The second-order valence-electron chi connectivity index (χ2n) is 10.0. The van der Waals surface area contributed by atoms with Crippen molar-refractivity contribution in [3.8, 4) is 0 Å². The first-order valence-corrected chi connectivity index (χ1v) is 21.9. The fourth-order valence-electron chi connectivity index (χ4n) is 2.09. The average Bonchev–Trinajstić information content (AvgIpc) is 2.19. The van der Waals surface area contributed by atoms with Gasteiger partial charge in [-0.1, -0.05) is 0 Å². The van der Waals surface area contributed by atoms with Crippen molar-refractivity contribution >= 4 is 58.1 Å². The molecule has 4 nitrogen and oxygen atoms in total. The predicted octanol–water partition coefficient (Wildman–Crippen LogP) is 6.60. The Balaban J connectivity index is 6.38. The van der Waals surface area contributed by atoms with E-state index in [0.717, 1.165) is 0 Å². The van der Waals surface area contributed by atoms with Crippen LogP contribution in [0.25, 0.3) is 0 Å². The van der Waals surface area contributed by atoms with Crippen molar-refractivity contribution in [1.29, 1.82) is 0 Å². The Kier molecular flexibility index (Phi) is 8.35. The summed E-state index contributed by atoms with van der Waals surface area (Å²) in [6.45, 7) is 27.2. The fourth-order valence-corrected chi connectivity index (χ4v) is 26.6. The number of rotatable bonds is 4. The van der Waals surface area contributed by atoms with Crippen LogP contribution in [0.5, 0.6) is 0 Å². The third-order valence-corrected chi connectivity index (χ3v) is 26.7. The van der Waals surface area contributed by atoms with Gasteiger partial charge in [-0.15, -0.1) is 0 Å². The zero-order valence-corrected chi connectivity index (χ0v) is 23.6. The van der Waals surface area contributed by atoms with E-state index in [2.05, 4.69) is 80.8 Å². The Hall–Kier alpha value is 0.872. The van der Waals surface area contributed by atoms with E-state index < -0.39 is 35.4 Å². The van der Waals surface area contributed by atoms with Gasteiger partial charge in [-0.3, -0.25) is 0 Å². The van der Waals surface area contributed by atoms with E-state index in [1.165, 1.54) is 22.7 Å². The van der Waals surface area contributed by atoms with Crippen LogP contribution < -0.4 is 0 Å². The van der Waals surface area contributed by atoms with Crippen LogP contribution in [0.15, 0.2) is 13.2 Å². The summed E-state index contributed by atoms with van der Waals surface area (Å²) >= 11 is -0.400. The van der Waals surface area contributed by atoms with Gasteiger partial charge in [0.1, 0.15) is 0 Å². The van der Waals surface area contributed by atoms with Crippen molar-refractivity contribution in [2.45, 2.75) is 87.7 Å². The molecule has 0 amide bonds. The Bertz CT molecular complexity index is 489. The number of hydrogen-bond donors (Lipinski definition) is 0. The third kappa shape index (κ3) is 8.19. The SMILES string of the molecule is C[C](C)(C)[Sn]([N]=S=N[Si](C)(C)C)([N]=S=N[Si](C)(C)C)[C](C)(C)C. The molecule has 0 aromatic carbocycles. The van der Waals surface area contributed by atoms with Crippen molar-refractivity contribution in [3.05, 3.63) is 0 Å². The van der Waals surface area contributed by atoms with Gasteiger partial charge in [0.2, 0.25) is 0 Å². The van der Waals surface area contributed by atoms with Crippen LogP contribution in [0.1, 0.15) is 41.5 Å². The Morgan fingerprint density at radius 1 is 0.609 bits per heavy atom. The fraction of sp³-hybridized carbons (Fsp3) is 1.00. The average molecular weight is 499 g/mol. The predicted molar refractivity (Wildman–Crippen MR) is 116 cm³/mol. The summed E-state index contributed by atoms with van der Waals surface area (Å²) in [5.74, 6) is 0. The zero-order chi connectivity index (χ0) is 18.7. The summed E-state index contributed by atoms with van der Waals surface area (Å²) in [7, 11) is -2.95. The van der Waals surface area contributed by atoms with Crippen molar-refractivity contribution in [1.82, 2.24) is 0 Å². The standard InChI is InChI=1S/2C4H9.2C3H9N2SSi.Sn/c2*1-4(2)3;2*1-7(2,3)5-6-4;/h2*1-3H3;2*1-3H3;/q;;2*-1;+2. The maximum absolute atomic E-state index is 5.17. The molecule has 0 rings (SSSR count). The topological polar surface area (TPSA) is 49.4 Å². The molecule has 0 spiro atoms. The van der Waals surface area contributed by atoms with Gasteiger partial charge in [0.25, 0.3) is 0 Å². The van der Waals surface area contributed by atoms with Crippen LogP contribution >= 0.6 is 0 Å². The molecule has 0 saturated heterocycles. The molecule has 0 heterocycles. The summed E-state index contributed by atoms with van der Waals surface area (Å²) in [6.07, 6.45) is 0. The molecule has 0 saturated carbocycles. The van der Waals surface area contributed by atoms with E-state index in [1.807, 2.05) is 0 Å². The second-order valence-corrected chi connectivity index (χ2v) is 36.4. The van der Waals surface area contributed by atoms with Crippen molar-refractivity contribution in [3.63, 3.8) is 0 Å². The molecule has 136 valence electrons. The maximum atomic E-state index is 5.17. The summed E-state index contributed by atoms with van der Waals surface area (Å²) in [4.78, 5) is 0. The molecule has 0 unspecified atom stereocenters. The van der Waals surface area contributed by atoms with Crippen LogP contribution in [0.2, 0.25) is 46.1 Å². The van der Waals surface area contributed by atoms with Gasteiger partial charge in [0.05, 0.1) is 0 Å². The molecule has 0 aliphatic heterocycles. The van der Waals surface area contributed by atoms with Crippen LogP contribution in [0.3, 0.4) is 0 Å². The Morgan fingerprint density at radius 2 is 0.870 bits per heavy atom. The minimum absolute atomic E-state index is 0.0941. The van der Waals surface area contributed by atoms with Gasteiger partial charge in [-0.2, -0.15) is 0 Å². The third-order valence-electron chi connectivity index (χ3n) is 3.07. The quantitative estimate of drug-likeness (QED) is 0.392. The molecule has 0 fully saturated rings. The zero-order valence-electron chi connectivity index (χ0n) is 17.1. The minimum atomic E-state index is -3.29. The Morgan fingerprint density at radius 3 is 1.04 bits per heavy atom. The monoisotopic (exact) mass is 500 g/mol. The van der Waals surface area contributed by atoms with Gasteiger partial charge in [-0.05, 0) is 0 Å². The van der Waals surface area contributed by atoms with Gasteiger partial charge in [0.15, 0.2) is 0 Å². The molecule has 0 aromatic rings. The molecule has 9 heteroatoms. The molecule has 0 N–H and O–H groups in total. The molecular formula is C14H36N4S2Si2Sn. The summed E-state index contributed by atoms with van der Waals surface area (Å²) in [5, 5.41) is 0. The van der Waals surface area contributed by atoms with Gasteiger partial charge >= 0.3 is 159 Å².